The number of nitrogens with zero attached hydrogens (tertiary/aromatic N) is 1. The van der Waals surface area contributed by atoms with Gasteiger partial charge in [-0.15, -0.1) is 11.3 Å². The molecule has 0 saturated carbocycles. The van der Waals surface area contributed by atoms with Crippen LogP contribution < -0.4 is 20.2 Å². The Balaban J connectivity index is 1.91. The van der Waals surface area contributed by atoms with Crippen LogP contribution >= 0.6 is 11.3 Å². The average Bonchev–Trinajstić information content (AvgIpc) is 3.13. The van der Waals surface area contributed by atoms with Gasteiger partial charge in [0.05, 0.1) is 19.7 Å². The zero-order valence-corrected chi connectivity index (χ0v) is 15.5. The molecule has 1 aromatic heterocycles. The minimum absolute atomic E-state index is 0.0869. The number of hydrogen-bond donors (Lipinski definition) is 2. The molecule has 2 rings (SSSR count). The van der Waals surface area contributed by atoms with Crippen LogP contribution in [0.15, 0.2) is 40.8 Å². The molecule has 2 amide bonds. The Kier molecular flexibility index (Phi) is 7.63. The minimum Gasteiger partial charge on any atom is -0.493 e. The first kappa shape index (κ1) is 19.5. The fourth-order valence-electron chi connectivity index (χ4n) is 2.06. The Morgan fingerprint density at radius 3 is 2.77 bits per heavy atom. The van der Waals surface area contributed by atoms with Crippen LogP contribution in [0.4, 0.5) is 0 Å². The van der Waals surface area contributed by atoms with Crippen LogP contribution in [0.1, 0.15) is 17.4 Å². The summed E-state index contributed by atoms with van der Waals surface area (Å²) in [6.45, 7) is 2.30. The van der Waals surface area contributed by atoms with Crippen molar-refractivity contribution in [3.63, 3.8) is 0 Å². The summed E-state index contributed by atoms with van der Waals surface area (Å²) in [5.41, 5.74) is 3.21. The van der Waals surface area contributed by atoms with Crippen molar-refractivity contribution in [2.45, 2.75) is 13.3 Å². The molecule has 0 aliphatic carbocycles. The van der Waals surface area contributed by atoms with Gasteiger partial charge in [-0.1, -0.05) is 6.07 Å². The third-order valence-electron chi connectivity index (χ3n) is 3.24. The van der Waals surface area contributed by atoms with Crippen molar-refractivity contribution in [2.24, 2.45) is 5.10 Å². The van der Waals surface area contributed by atoms with Crippen molar-refractivity contribution < 1.29 is 19.1 Å². The van der Waals surface area contributed by atoms with Crippen LogP contribution in [0.2, 0.25) is 0 Å². The number of ether oxygens (including phenoxy) is 2. The second-order valence-corrected chi connectivity index (χ2v) is 6.23. The standard InChI is InChI=1S/C18H21N3O4S/c1-3-19-18(23)12-25-15-7-6-13(9-16(15)24-2)11-20-21-17(22)10-14-5-4-8-26-14/h4-9,11H,3,10,12H2,1-2H3,(H,19,23)(H,21,22)/b20-11-. The van der Waals surface area contributed by atoms with Crippen molar-refractivity contribution in [1.82, 2.24) is 10.7 Å². The molecule has 7 nitrogen and oxygen atoms in total. The number of likely N-dealkylation sites (N-methyl/N-ethyl adjacent to an activating group) is 1. The molecule has 0 saturated heterocycles. The van der Waals surface area contributed by atoms with E-state index in [-0.39, 0.29) is 18.4 Å². The number of thiophene rings is 1. The van der Waals surface area contributed by atoms with Gasteiger partial charge in [0.1, 0.15) is 0 Å². The van der Waals surface area contributed by atoms with Gasteiger partial charge in [0.25, 0.3) is 5.91 Å². The van der Waals surface area contributed by atoms with Crippen LogP contribution in [0.3, 0.4) is 0 Å². The predicted molar refractivity (Wildman–Crippen MR) is 101 cm³/mol. The first-order valence-corrected chi connectivity index (χ1v) is 8.92. The second-order valence-electron chi connectivity index (χ2n) is 5.20. The fourth-order valence-corrected chi connectivity index (χ4v) is 2.77. The van der Waals surface area contributed by atoms with Crippen LogP contribution in [0.25, 0.3) is 0 Å². The van der Waals surface area contributed by atoms with E-state index in [1.807, 2.05) is 24.4 Å². The lowest BCUT2D eigenvalue weighted by Crippen LogP contribution is -2.28. The molecular formula is C18H21N3O4S. The van der Waals surface area contributed by atoms with E-state index < -0.39 is 0 Å². The number of methoxy groups -OCH3 is 1. The van der Waals surface area contributed by atoms with Gasteiger partial charge in [-0.25, -0.2) is 5.43 Å². The van der Waals surface area contributed by atoms with E-state index in [0.717, 1.165) is 10.4 Å². The molecule has 0 fully saturated rings. The van der Waals surface area contributed by atoms with E-state index in [9.17, 15) is 9.59 Å². The van der Waals surface area contributed by atoms with Crippen molar-refractivity contribution in [3.05, 3.63) is 46.2 Å². The molecule has 2 aromatic rings. The predicted octanol–water partition coefficient (Wildman–Crippen LogP) is 1.96. The van der Waals surface area contributed by atoms with Gasteiger partial charge in [-0.05, 0) is 42.1 Å². The smallest absolute Gasteiger partial charge is 0.257 e. The normalized spacial score (nSPS) is 10.5. The first-order valence-electron chi connectivity index (χ1n) is 8.04. The Bertz CT molecular complexity index is 760. The monoisotopic (exact) mass is 375 g/mol. The molecule has 1 aromatic carbocycles. The molecule has 1 heterocycles. The summed E-state index contributed by atoms with van der Waals surface area (Å²) in [6, 6.07) is 8.95. The Morgan fingerprint density at radius 1 is 1.23 bits per heavy atom. The number of carbonyl (C=O) groups excluding carboxylic acids is 2. The largest absolute Gasteiger partial charge is 0.493 e. The highest BCUT2D eigenvalue weighted by molar-refractivity contribution is 7.10. The highest BCUT2D eigenvalue weighted by Crippen LogP contribution is 2.27. The lowest BCUT2D eigenvalue weighted by atomic mass is 10.2. The van der Waals surface area contributed by atoms with Gasteiger partial charge in [-0.3, -0.25) is 9.59 Å². The van der Waals surface area contributed by atoms with E-state index >= 15 is 0 Å². The highest BCUT2D eigenvalue weighted by Gasteiger charge is 2.08. The van der Waals surface area contributed by atoms with Crippen molar-refractivity contribution in [1.29, 1.82) is 0 Å². The van der Waals surface area contributed by atoms with Crippen molar-refractivity contribution in [2.75, 3.05) is 20.3 Å². The van der Waals surface area contributed by atoms with Crippen LogP contribution in [-0.4, -0.2) is 38.3 Å². The molecule has 2 N–H and O–H groups in total. The van der Waals surface area contributed by atoms with Gasteiger partial charge < -0.3 is 14.8 Å². The summed E-state index contributed by atoms with van der Waals surface area (Å²) in [4.78, 5) is 24.2. The van der Waals surface area contributed by atoms with Gasteiger partial charge in [0.15, 0.2) is 18.1 Å². The molecule has 0 aliphatic rings. The number of hydrazone groups is 1. The zero-order chi connectivity index (χ0) is 18.8. The van der Waals surface area contributed by atoms with Crippen LogP contribution in [-0.2, 0) is 16.0 Å². The van der Waals surface area contributed by atoms with Crippen molar-refractivity contribution in [3.8, 4) is 11.5 Å². The van der Waals surface area contributed by atoms with Crippen LogP contribution in [0.5, 0.6) is 11.5 Å². The molecule has 0 unspecified atom stereocenters. The van der Waals surface area contributed by atoms with E-state index in [4.69, 9.17) is 9.47 Å². The lowest BCUT2D eigenvalue weighted by Gasteiger charge is -2.11. The third kappa shape index (κ3) is 6.21. The summed E-state index contributed by atoms with van der Waals surface area (Å²) < 4.78 is 10.7. The van der Waals surface area contributed by atoms with Gasteiger partial charge >= 0.3 is 0 Å². The Morgan fingerprint density at radius 2 is 2.08 bits per heavy atom. The van der Waals surface area contributed by atoms with E-state index in [1.54, 1.807) is 18.2 Å². The Hall–Kier alpha value is -2.87. The number of hydrogen-bond acceptors (Lipinski definition) is 6. The molecule has 0 spiro atoms. The lowest BCUT2D eigenvalue weighted by molar-refractivity contribution is -0.123. The number of carbonyl (C=O) groups is 2. The summed E-state index contributed by atoms with van der Waals surface area (Å²) in [6.07, 6.45) is 1.81. The van der Waals surface area contributed by atoms with Crippen LogP contribution in [0, 0.1) is 0 Å². The second kappa shape index (κ2) is 10.2. The molecular weight excluding hydrogens is 354 g/mol. The zero-order valence-electron chi connectivity index (χ0n) is 14.7. The first-order chi connectivity index (χ1) is 12.6. The third-order valence-corrected chi connectivity index (χ3v) is 4.11. The fraction of sp³-hybridized carbons (Fsp3) is 0.278. The van der Waals surface area contributed by atoms with Gasteiger partial charge in [0, 0.05) is 11.4 Å². The highest BCUT2D eigenvalue weighted by atomic mass is 32.1. The molecule has 0 aliphatic heterocycles. The van der Waals surface area contributed by atoms with Gasteiger partial charge in [-0.2, -0.15) is 5.10 Å². The summed E-state index contributed by atoms with van der Waals surface area (Å²) >= 11 is 1.53. The number of benzene rings is 1. The maximum Gasteiger partial charge on any atom is 0.257 e. The van der Waals surface area contributed by atoms with E-state index in [0.29, 0.717) is 24.5 Å². The average molecular weight is 375 g/mol. The van der Waals surface area contributed by atoms with Gasteiger partial charge in [0.2, 0.25) is 5.91 Å². The number of nitrogens with one attached hydrogen (secondary N) is 2. The number of rotatable bonds is 9. The summed E-state index contributed by atoms with van der Waals surface area (Å²) in [7, 11) is 1.51. The summed E-state index contributed by atoms with van der Waals surface area (Å²) in [5.74, 6) is 0.548. The topological polar surface area (TPSA) is 89.0 Å². The minimum atomic E-state index is -0.200. The molecule has 0 bridgehead atoms. The Labute approximate surface area is 156 Å². The molecule has 0 atom stereocenters. The van der Waals surface area contributed by atoms with E-state index in [2.05, 4.69) is 15.8 Å². The SMILES string of the molecule is CCNC(=O)COc1ccc(/C=N\NC(=O)Cc2cccs2)cc1OC. The molecule has 8 heteroatoms. The molecule has 26 heavy (non-hydrogen) atoms. The quantitative estimate of drug-likeness (QED) is 0.518. The maximum absolute atomic E-state index is 11.8. The number of amides is 2. The summed E-state index contributed by atoms with van der Waals surface area (Å²) in [5, 5.41) is 8.52. The van der Waals surface area contributed by atoms with Crippen molar-refractivity contribution >= 4 is 29.4 Å². The molecule has 0 radical (unpaired) electrons. The maximum atomic E-state index is 11.8. The molecule has 138 valence electrons. The van der Waals surface area contributed by atoms with E-state index in [1.165, 1.54) is 24.7 Å².